The van der Waals surface area contributed by atoms with Crippen molar-refractivity contribution < 1.29 is 19.1 Å². The quantitative estimate of drug-likeness (QED) is 0.799. The summed E-state index contributed by atoms with van der Waals surface area (Å²) < 4.78 is 10.5. The van der Waals surface area contributed by atoms with E-state index in [-0.39, 0.29) is 24.8 Å². The summed E-state index contributed by atoms with van der Waals surface area (Å²) in [4.78, 5) is 24.2. The predicted octanol–water partition coefficient (Wildman–Crippen LogP) is 3.08. The second-order valence-corrected chi connectivity index (χ2v) is 5.95. The fourth-order valence-electron chi connectivity index (χ4n) is 2.51. The molecule has 0 fully saturated rings. The third-order valence-electron chi connectivity index (χ3n) is 3.92. The number of methoxy groups -OCH3 is 2. The lowest BCUT2D eigenvalue weighted by Crippen LogP contribution is -2.27. The van der Waals surface area contributed by atoms with Gasteiger partial charge in [-0.25, -0.2) is 0 Å². The van der Waals surface area contributed by atoms with Crippen LogP contribution in [0.15, 0.2) is 36.4 Å². The Balaban J connectivity index is 1.90. The van der Waals surface area contributed by atoms with Gasteiger partial charge in [0.15, 0.2) is 11.5 Å². The van der Waals surface area contributed by atoms with Gasteiger partial charge in [0.1, 0.15) is 0 Å². The van der Waals surface area contributed by atoms with E-state index in [9.17, 15) is 9.59 Å². The average Bonchev–Trinajstić information content (AvgIpc) is 2.62. The monoisotopic (exact) mass is 356 g/mol. The average molecular weight is 356 g/mol. The summed E-state index contributed by atoms with van der Waals surface area (Å²) in [5, 5.41) is 5.59. The van der Waals surface area contributed by atoms with Crippen LogP contribution in [0.2, 0.25) is 0 Å². The minimum atomic E-state index is -0.191. The van der Waals surface area contributed by atoms with E-state index >= 15 is 0 Å². The molecule has 0 radical (unpaired) electrons. The lowest BCUT2D eigenvalue weighted by atomic mass is 10.1. The summed E-state index contributed by atoms with van der Waals surface area (Å²) in [6, 6.07) is 10.8. The zero-order valence-corrected chi connectivity index (χ0v) is 15.5. The first-order chi connectivity index (χ1) is 12.4. The molecule has 0 spiro atoms. The van der Waals surface area contributed by atoms with Gasteiger partial charge >= 0.3 is 0 Å². The van der Waals surface area contributed by atoms with Crippen molar-refractivity contribution in [3.63, 3.8) is 0 Å². The molecule has 2 aromatic rings. The van der Waals surface area contributed by atoms with Gasteiger partial charge in [-0.1, -0.05) is 17.7 Å². The highest BCUT2D eigenvalue weighted by molar-refractivity contribution is 5.95. The number of hydrogen-bond acceptors (Lipinski definition) is 4. The number of hydrogen-bond donors (Lipinski definition) is 2. The zero-order chi connectivity index (χ0) is 19.1. The fraction of sp³-hybridized carbons (Fsp3) is 0.300. The highest BCUT2D eigenvalue weighted by Gasteiger charge is 2.12. The van der Waals surface area contributed by atoms with Crippen LogP contribution in [0.5, 0.6) is 11.5 Å². The van der Waals surface area contributed by atoms with Crippen LogP contribution in [-0.4, -0.2) is 32.6 Å². The fourth-order valence-corrected chi connectivity index (χ4v) is 2.51. The molecule has 0 aromatic heterocycles. The Morgan fingerprint density at radius 1 is 1.00 bits per heavy atom. The zero-order valence-electron chi connectivity index (χ0n) is 15.5. The van der Waals surface area contributed by atoms with Crippen molar-refractivity contribution in [2.45, 2.75) is 20.3 Å². The number of aryl methyl sites for hydroxylation is 2. The van der Waals surface area contributed by atoms with Crippen molar-refractivity contribution in [3.05, 3.63) is 53.1 Å². The van der Waals surface area contributed by atoms with Crippen LogP contribution in [-0.2, 0) is 4.79 Å². The van der Waals surface area contributed by atoms with E-state index in [0.29, 0.717) is 22.7 Å². The van der Waals surface area contributed by atoms with Gasteiger partial charge in [0.2, 0.25) is 5.91 Å². The second-order valence-electron chi connectivity index (χ2n) is 5.95. The Morgan fingerprint density at radius 3 is 2.35 bits per heavy atom. The third kappa shape index (κ3) is 4.99. The van der Waals surface area contributed by atoms with Gasteiger partial charge in [-0.3, -0.25) is 9.59 Å². The van der Waals surface area contributed by atoms with Crippen LogP contribution in [0.4, 0.5) is 5.69 Å². The molecule has 0 saturated carbocycles. The lowest BCUT2D eigenvalue weighted by Gasteiger charge is -2.14. The molecule has 0 aliphatic heterocycles. The minimum Gasteiger partial charge on any atom is -0.493 e. The van der Waals surface area contributed by atoms with Gasteiger partial charge in [-0.15, -0.1) is 0 Å². The Kier molecular flexibility index (Phi) is 6.60. The van der Waals surface area contributed by atoms with Crippen molar-refractivity contribution in [2.75, 3.05) is 26.1 Å². The van der Waals surface area contributed by atoms with E-state index < -0.39 is 0 Å². The maximum absolute atomic E-state index is 12.2. The number of carbonyl (C=O) groups is 2. The largest absolute Gasteiger partial charge is 0.493 e. The predicted molar refractivity (Wildman–Crippen MR) is 101 cm³/mol. The molecule has 0 heterocycles. The number of nitrogens with one attached hydrogen (secondary N) is 2. The third-order valence-corrected chi connectivity index (χ3v) is 3.92. The first kappa shape index (κ1) is 19.3. The molecule has 0 saturated heterocycles. The molecule has 0 bridgehead atoms. The highest BCUT2D eigenvalue weighted by Crippen LogP contribution is 2.32. The summed E-state index contributed by atoms with van der Waals surface area (Å²) in [6.45, 7) is 4.05. The lowest BCUT2D eigenvalue weighted by molar-refractivity contribution is -0.116. The molecule has 6 heteroatoms. The van der Waals surface area contributed by atoms with Crippen molar-refractivity contribution in [1.29, 1.82) is 0 Å². The van der Waals surface area contributed by atoms with Crippen LogP contribution in [0.1, 0.15) is 27.9 Å². The Hall–Kier alpha value is -3.02. The molecule has 2 aromatic carbocycles. The summed E-state index contributed by atoms with van der Waals surface area (Å²) in [6.07, 6.45) is 0.172. The Bertz CT molecular complexity index is 802. The van der Waals surface area contributed by atoms with Crippen LogP contribution in [0.25, 0.3) is 0 Å². The molecule has 0 aliphatic carbocycles. The smallest absolute Gasteiger partial charge is 0.251 e. The Morgan fingerprint density at radius 2 is 1.69 bits per heavy atom. The topological polar surface area (TPSA) is 76.7 Å². The molecule has 2 N–H and O–H groups in total. The second kappa shape index (κ2) is 8.89. The van der Waals surface area contributed by atoms with Crippen LogP contribution in [0, 0.1) is 13.8 Å². The number of amides is 2. The van der Waals surface area contributed by atoms with Crippen molar-refractivity contribution in [1.82, 2.24) is 5.32 Å². The number of rotatable bonds is 7. The van der Waals surface area contributed by atoms with E-state index in [0.717, 1.165) is 11.1 Å². The maximum Gasteiger partial charge on any atom is 0.251 e. The van der Waals surface area contributed by atoms with Crippen LogP contribution < -0.4 is 20.1 Å². The normalized spacial score (nSPS) is 10.2. The van der Waals surface area contributed by atoms with Gasteiger partial charge in [-0.05, 0) is 37.6 Å². The number of ether oxygens (including phenoxy) is 2. The van der Waals surface area contributed by atoms with E-state index in [1.54, 1.807) is 32.4 Å². The van der Waals surface area contributed by atoms with E-state index in [1.807, 2.05) is 32.0 Å². The van der Waals surface area contributed by atoms with E-state index in [4.69, 9.17) is 9.47 Å². The summed E-state index contributed by atoms with van der Waals surface area (Å²) in [7, 11) is 3.10. The summed E-state index contributed by atoms with van der Waals surface area (Å²) in [5.74, 6) is 0.767. The molecule has 0 unspecified atom stereocenters. The number of carbonyl (C=O) groups excluding carboxylic acids is 2. The number of anilines is 1. The number of benzene rings is 2. The van der Waals surface area contributed by atoms with Crippen molar-refractivity contribution in [3.8, 4) is 11.5 Å². The molecule has 138 valence electrons. The summed E-state index contributed by atoms with van der Waals surface area (Å²) in [5.41, 5.74) is 3.11. The molecular weight excluding hydrogens is 332 g/mol. The van der Waals surface area contributed by atoms with Gasteiger partial charge in [0.25, 0.3) is 5.91 Å². The Labute approximate surface area is 153 Å². The molecular formula is C20H24N2O4. The SMILES string of the molecule is COc1cc(C)c(NC(=O)CCNC(=O)c2cccc(C)c2)cc1OC. The minimum absolute atomic E-state index is 0.172. The van der Waals surface area contributed by atoms with Crippen LogP contribution >= 0.6 is 0 Å². The highest BCUT2D eigenvalue weighted by atomic mass is 16.5. The van der Waals surface area contributed by atoms with Crippen molar-refractivity contribution >= 4 is 17.5 Å². The standard InChI is InChI=1S/C20H24N2O4/c1-13-6-5-7-15(10-13)20(24)21-9-8-19(23)22-16-12-18(26-4)17(25-3)11-14(16)2/h5-7,10-12H,8-9H2,1-4H3,(H,21,24)(H,22,23). The first-order valence-corrected chi connectivity index (χ1v) is 8.32. The molecule has 0 atom stereocenters. The first-order valence-electron chi connectivity index (χ1n) is 8.32. The molecule has 2 rings (SSSR count). The molecule has 0 aliphatic rings. The maximum atomic E-state index is 12.2. The van der Waals surface area contributed by atoms with E-state index in [2.05, 4.69) is 10.6 Å². The summed E-state index contributed by atoms with van der Waals surface area (Å²) >= 11 is 0. The van der Waals surface area contributed by atoms with Gasteiger partial charge in [-0.2, -0.15) is 0 Å². The molecule has 26 heavy (non-hydrogen) atoms. The van der Waals surface area contributed by atoms with Gasteiger partial charge < -0.3 is 20.1 Å². The van der Waals surface area contributed by atoms with Gasteiger partial charge in [0, 0.05) is 30.3 Å². The molecule has 6 nitrogen and oxygen atoms in total. The van der Waals surface area contributed by atoms with E-state index in [1.165, 1.54) is 0 Å². The molecule has 2 amide bonds. The van der Waals surface area contributed by atoms with Crippen LogP contribution in [0.3, 0.4) is 0 Å². The van der Waals surface area contributed by atoms with Gasteiger partial charge in [0.05, 0.1) is 14.2 Å². The van der Waals surface area contributed by atoms with Crippen molar-refractivity contribution in [2.24, 2.45) is 0 Å².